The summed E-state index contributed by atoms with van der Waals surface area (Å²) in [6.45, 7) is 3.91. The number of carboxylic acids is 1. The highest BCUT2D eigenvalue weighted by Gasteiger charge is 2.38. The smallest absolute Gasteiger partial charge is 0.490 e. The maximum Gasteiger partial charge on any atom is 0.490 e. The van der Waals surface area contributed by atoms with Crippen LogP contribution in [-0.2, 0) is 11.8 Å². The van der Waals surface area contributed by atoms with Crippen molar-refractivity contribution < 1.29 is 32.6 Å². The zero-order chi connectivity index (χ0) is 26.9. The number of aryl methyl sites for hydroxylation is 1. The molecule has 2 aliphatic rings. The van der Waals surface area contributed by atoms with E-state index in [1.807, 2.05) is 29.2 Å². The summed E-state index contributed by atoms with van der Waals surface area (Å²) in [7, 11) is 3.32. The number of likely N-dealkylation sites (tertiary alicyclic amines) is 2. The molecule has 2 aliphatic heterocycles. The van der Waals surface area contributed by atoms with Crippen LogP contribution in [0.4, 0.5) is 13.2 Å². The molecule has 0 atom stereocenters. The Hall–Kier alpha value is -3.12. The molecule has 0 spiro atoms. The van der Waals surface area contributed by atoms with Crippen LogP contribution >= 0.6 is 11.3 Å². The van der Waals surface area contributed by atoms with E-state index in [1.54, 1.807) is 18.7 Å². The SMILES string of the molecule is COc1c(C(=O)N2CCC(N3CCCC3)CC2)sc2c1c(=O)n(C)c1ccccc21.O=C(O)C(F)(F)F. The third kappa shape index (κ3) is 5.30. The molecule has 0 saturated carbocycles. The summed E-state index contributed by atoms with van der Waals surface area (Å²) in [5.74, 6) is -2.35. The lowest BCUT2D eigenvalue weighted by atomic mass is 10.0. The quantitative estimate of drug-likeness (QED) is 0.539. The van der Waals surface area contributed by atoms with Gasteiger partial charge < -0.3 is 24.2 Å². The Morgan fingerprint density at radius 2 is 1.68 bits per heavy atom. The third-order valence-electron chi connectivity index (χ3n) is 6.94. The van der Waals surface area contributed by atoms with Crippen LogP contribution in [0, 0.1) is 0 Å². The van der Waals surface area contributed by atoms with Gasteiger partial charge in [0.05, 0.1) is 17.3 Å². The molecule has 2 saturated heterocycles. The average Bonchev–Trinajstić information content (AvgIpc) is 3.55. The van der Waals surface area contributed by atoms with E-state index >= 15 is 0 Å². The van der Waals surface area contributed by atoms with Gasteiger partial charge in [0.15, 0.2) is 5.75 Å². The fraction of sp³-hybridized carbons (Fsp3) is 0.480. The first-order valence-corrected chi connectivity index (χ1v) is 12.8. The summed E-state index contributed by atoms with van der Waals surface area (Å²) in [4.78, 5) is 40.5. The van der Waals surface area contributed by atoms with Crippen LogP contribution in [-0.4, -0.2) is 76.9 Å². The van der Waals surface area contributed by atoms with E-state index in [0.29, 0.717) is 22.1 Å². The minimum atomic E-state index is -5.08. The van der Waals surface area contributed by atoms with E-state index in [1.165, 1.54) is 37.3 Å². The number of halogens is 3. The minimum Gasteiger partial charge on any atom is -0.494 e. The fourth-order valence-electron chi connectivity index (χ4n) is 5.06. The second-order valence-corrected chi connectivity index (χ2v) is 10.1. The Balaban J connectivity index is 0.000000405. The highest BCUT2D eigenvalue weighted by Crippen LogP contribution is 2.40. The number of methoxy groups -OCH3 is 1. The van der Waals surface area contributed by atoms with Gasteiger partial charge in [-0.2, -0.15) is 13.2 Å². The number of nitrogens with zero attached hydrogens (tertiary/aromatic N) is 3. The second kappa shape index (κ2) is 10.7. The van der Waals surface area contributed by atoms with Gasteiger partial charge >= 0.3 is 12.1 Å². The zero-order valence-corrected chi connectivity index (χ0v) is 21.3. The van der Waals surface area contributed by atoms with Gasteiger partial charge in [-0.15, -0.1) is 11.3 Å². The first-order chi connectivity index (χ1) is 17.5. The van der Waals surface area contributed by atoms with Crippen molar-refractivity contribution in [2.45, 2.75) is 37.9 Å². The lowest BCUT2D eigenvalue weighted by Gasteiger charge is -2.36. The molecule has 5 rings (SSSR count). The van der Waals surface area contributed by atoms with E-state index < -0.39 is 12.1 Å². The molecule has 2 aromatic heterocycles. The predicted molar refractivity (Wildman–Crippen MR) is 135 cm³/mol. The molecule has 2 fully saturated rings. The maximum absolute atomic E-state index is 13.4. The molecule has 12 heteroatoms. The Kier molecular flexibility index (Phi) is 7.79. The van der Waals surface area contributed by atoms with Crippen molar-refractivity contribution in [1.82, 2.24) is 14.4 Å². The molecule has 1 aromatic carbocycles. The predicted octanol–water partition coefficient (Wildman–Crippen LogP) is 4.10. The Morgan fingerprint density at radius 3 is 2.24 bits per heavy atom. The topological polar surface area (TPSA) is 92.1 Å². The summed E-state index contributed by atoms with van der Waals surface area (Å²) in [6.07, 6.45) is -0.463. The number of rotatable bonds is 3. The highest BCUT2D eigenvalue weighted by atomic mass is 32.1. The number of aromatic nitrogens is 1. The normalized spacial score (nSPS) is 17.2. The van der Waals surface area contributed by atoms with Gasteiger partial charge in [-0.3, -0.25) is 9.59 Å². The molecular formula is C25H28F3N3O5S. The number of pyridine rings is 1. The lowest BCUT2D eigenvalue weighted by Crippen LogP contribution is -2.45. The molecule has 8 nitrogen and oxygen atoms in total. The summed E-state index contributed by atoms with van der Waals surface area (Å²) in [6, 6.07) is 8.42. The van der Waals surface area contributed by atoms with Gasteiger partial charge in [-0.1, -0.05) is 18.2 Å². The van der Waals surface area contributed by atoms with E-state index in [2.05, 4.69) is 4.90 Å². The summed E-state index contributed by atoms with van der Waals surface area (Å²) in [5.41, 5.74) is 0.743. The van der Waals surface area contributed by atoms with E-state index in [-0.39, 0.29) is 11.5 Å². The number of hydrogen-bond donors (Lipinski definition) is 1. The van der Waals surface area contributed by atoms with E-state index in [0.717, 1.165) is 41.5 Å². The Morgan fingerprint density at radius 1 is 1.08 bits per heavy atom. The first-order valence-electron chi connectivity index (χ1n) is 12.0. The second-order valence-electron chi connectivity index (χ2n) is 9.12. The van der Waals surface area contributed by atoms with Crippen molar-refractivity contribution in [3.05, 3.63) is 39.5 Å². The average molecular weight is 540 g/mol. The number of para-hydroxylation sites is 1. The van der Waals surface area contributed by atoms with Gasteiger partial charge in [0.2, 0.25) is 0 Å². The fourth-order valence-corrected chi connectivity index (χ4v) is 6.32. The number of carbonyl (C=O) groups is 2. The van der Waals surface area contributed by atoms with Gasteiger partial charge in [-0.25, -0.2) is 4.79 Å². The molecule has 0 radical (unpaired) electrons. The largest absolute Gasteiger partial charge is 0.494 e. The first kappa shape index (κ1) is 26.9. The van der Waals surface area contributed by atoms with Gasteiger partial charge in [0.1, 0.15) is 10.3 Å². The molecule has 0 bridgehead atoms. The molecular weight excluding hydrogens is 511 g/mol. The van der Waals surface area contributed by atoms with Gasteiger partial charge in [0.25, 0.3) is 11.5 Å². The molecule has 3 aromatic rings. The van der Waals surface area contributed by atoms with E-state index in [4.69, 9.17) is 14.6 Å². The van der Waals surface area contributed by atoms with Crippen molar-refractivity contribution in [3.8, 4) is 5.75 Å². The number of carboxylic acid groups (broad SMARTS) is 1. The maximum atomic E-state index is 13.4. The number of fused-ring (bicyclic) bond motifs is 3. The van der Waals surface area contributed by atoms with Crippen LogP contribution in [0.1, 0.15) is 35.4 Å². The van der Waals surface area contributed by atoms with Crippen LogP contribution in [0.5, 0.6) is 5.75 Å². The Labute approximate surface area is 214 Å². The third-order valence-corrected chi connectivity index (χ3v) is 8.13. The van der Waals surface area contributed by atoms with Crippen LogP contribution in [0.25, 0.3) is 21.0 Å². The highest BCUT2D eigenvalue weighted by molar-refractivity contribution is 7.22. The number of amides is 1. The van der Waals surface area contributed by atoms with E-state index in [9.17, 15) is 22.8 Å². The number of carbonyl (C=O) groups excluding carboxylic acids is 1. The van der Waals surface area contributed by atoms with Crippen molar-refractivity contribution in [2.75, 3.05) is 33.3 Å². The molecule has 1 N–H and O–H groups in total. The number of aliphatic carboxylic acids is 1. The molecule has 1 amide bonds. The van der Waals surface area contributed by atoms with Crippen molar-refractivity contribution in [1.29, 1.82) is 0 Å². The number of hydrogen-bond acceptors (Lipinski definition) is 6. The number of thiophene rings is 1. The van der Waals surface area contributed by atoms with Crippen LogP contribution in [0.15, 0.2) is 29.1 Å². The van der Waals surface area contributed by atoms with Crippen LogP contribution in [0.2, 0.25) is 0 Å². The van der Waals surface area contributed by atoms with Crippen molar-refractivity contribution in [2.24, 2.45) is 7.05 Å². The summed E-state index contributed by atoms with van der Waals surface area (Å²) >= 11 is 1.39. The number of piperidine rings is 1. The van der Waals surface area contributed by atoms with Crippen LogP contribution in [0.3, 0.4) is 0 Å². The minimum absolute atomic E-state index is 0.0148. The standard InChI is InChI=1S/C23H27N3O3S.C2HF3O2/c1-24-17-8-4-3-7-16(17)20-18(22(24)27)19(29-2)21(30-20)23(28)26-13-9-15(10-14-26)25-11-5-6-12-25;3-2(4,5)1(6)7/h3-4,7-8,15H,5-6,9-14H2,1-2H3;(H,6,7). The molecule has 37 heavy (non-hydrogen) atoms. The van der Waals surface area contributed by atoms with Gasteiger partial charge in [0, 0.05) is 31.6 Å². The summed E-state index contributed by atoms with van der Waals surface area (Å²) in [5, 5.41) is 8.61. The van der Waals surface area contributed by atoms with Crippen molar-refractivity contribution in [3.63, 3.8) is 0 Å². The van der Waals surface area contributed by atoms with Crippen molar-refractivity contribution >= 4 is 44.2 Å². The Bertz CT molecular complexity index is 1370. The zero-order valence-electron chi connectivity index (χ0n) is 20.5. The molecule has 0 aliphatic carbocycles. The lowest BCUT2D eigenvalue weighted by molar-refractivity contribution is -0.192. The monoisotopic (exact) mass is 539 g/mol. The summed E-state index contributed by atoms with van der Waals surface area (Å²) < 4.78 is 39.9. The van der Waals surface area contributed by atoms with Crippen LogP contribution < -0.4 is 10.3 Å². The number of benzene rings is 1. The van der Waals surface area contributed by atoms with Gasteiger partial charge in [-0.05, 0) is 44.8 Å². The molecule has 4 heterocycles. The molecule has 0 unspecified atom stereocenters. The number of alkyl halides is 3. The number of ether oxygens (including phenoxy) is 1. The molecule has 200 valence electrons.